The number of benzene rings is 2. The van der Waals surface area contributed by atoms with E-state index < -0.39 is 11.6 Å². The monoisotopic (exact) mass is 408 g/mol. The van der Waals surface area contributed by atoms with Crippen molar-refractivity contribution in [3.05, 3.63) is 69.8 Å². The number of hydrogen-bond acceptors (Lipinski definition) is 2. The average Bonchev–Trinajstić information content (AvgIpc) is 2.47. The van der Waals surface area contributed by atoms with E-state index in [0.29, 0.717) is 5.75 Å². The fraction of sp³-hybridized carbons (Fsp3) is 0.167. The van der Waals surface area contributed by atoms with Gasteiger partial charge in [-0.2, -0.15) is 0 Å². The maximum atomic E-state index is 11.1. The number of carboxylic acids is 1. The van der Waals surface area contributed by atoms with Crippen molar-refractivity contribution in [2.75, 3.05) is 0 Å². The Kier molecular flexibility index (Phi) is 4.90. The summed E-state index contributed by atoms with van der Waals surface area (Å²) in [4.78, 5) is 11.1. The summed E-state index contributed by atoms with van der Waals surface area (Å²) in [5.41, 5.74) is 1.69. The SMILES string of the molecule is C=C(c1ccc(I)cc1)c1ccc(OC(C)(C)C(=O)O)cc1. The minimum Gasteiger partial charge on any atom is -0.478 e. The average molecular weight is 408 g/mol. The molecule has 0 amide bonds. The molecule has 0 aromatic heterocycles. The molecule has 0 saturated heterocycles. The maximum absolute atomic E-state index is 11.1. The molecule has 4 heteroatoms. The Labute approximate surface area is 143 Å². The molecule has 0 fully saturated rings. The highest BCUT2D eigenvalue weighted by Gasteiger charge is 2.29. The van der Waals surface area contributed by atoms with Crippen molar-refractivity contribution in [3.8, 4) is 5.75 Å². The van der Waals surface area contributed by atoms with Gasteiger partial charge < -0.3 is 9.84 Å². The molecule has 0 heterocycles. The van der Waals surface area contributed by atoms with Gasteiger partial charge in [0, 0.05) is 3.57 Å². The van der Waals surface area contributed by atoms with Gasteiger partial charge in [0.25, 0.3) is 0 Å². The van der Waals surface area contributed by atoms with Gasteiger partial charge in [-0.3, -0.25) is 0 Å². The van der Waals surface area contributed by atoms with Crippen LogP contribution in [0.25, 0.3) is 5.57 Å². The van der Waals surface area contributed by atoms with E-state index in [1.165, 1.54) is 17.4 Å². The number of halogens is 1. The van der Waals surface area contributed by atoms with Crippen molar-refractivity contribution in [1.82, 2.24) is 0 Å². The molecular weight excluding hydrogens is 391 g/mol. The molecule has 0 unspecified atom stereocenters. The molecule has 22 heavy (non-hydrogen) atoms. The van der Waals surface area contributed by atoms with Crippen molar-refractivity contribution < 1.29 is 14.6 Å². The summed E-state index contributed by atoms with van der Waals surface area (Å²) >= 11 is 2.26. The van der Waals surface area contributed by atoms with Crippen LogP contribution in [0.5, 0.6) is 5.75 Å². The van der Waals surface area contributed by atoms with Gasteiger partial charge in [-0.05, 0) is 77.4 Å². The van der Waals surface area contributed by atoms with Gasteiger partial charge in [-0.25, -0.2) is 4.79 Å². The smallest absolute Gasteiger partial charge is 0.347 e. The Morgan fingerprint density at radius 1 is 1.05 bits per heavy atom. The van der Waals surface area contributed by atoms with E-state index in [-0.39, 0.29) is 0 Å². The lowest BCUT2D eigenvalue weighted by Gasteiger charge is -2.21. The van der Waals surface area contributed by atoms with Gasteiger partial charge in [-0.15, -0.1) is 0 Å². The number of rotatable bonds is 5. The van der Waals surface area contributed by atoms with Crippen LogP contribution in [0.2, 0.25) is 0 Å². The Morgan fingerprint density at radius 2 is 1.50 bits per heavy atom. The highest BCUT2D eigenvalue weighted by atomic mass is 127. The minimum absolute atomic E-state index is 0.520. The van der Waals surface area contributed by atoms with Crippen LogP contribution in [0.4, 0.5) is 0 Å². The third-order valence-corrected chi connectivity index (χ3v) is 4.00. The highest BCUT2D eigenvalue weighted by Crippen LogP contribution is 2.26. The normalized spacial score (nSPS) is 11.0. The summed E-state index contributed by atoms with van der Waals surface area (Å²) in [5, 5.41) is 9.08. The third-order valence-electron chi connectivity index (χ3n) is 3.28. The first-order valence-electron chi connectivity index (χ1n) is 6.77. The summed E-state index contributed by atoms with van der Waals surface area (Å²) < 4.78 is 6.66. The van der Waals surface area contributed by atoms with E-state index in [1.807, 2.05) is 36.4 Å². The number of carboxylic acid groups (broad SMARTS) is 1. The van der Waals surface area contributed by atoms with Crippen LogP contribution < -0.4 is 4.74 Å². The van der Waals surface area contributed by atoms with E-state index in [2.05, 4.69) is 29.2 Å². The van der Waals surface area contributed by atoms with Crippen molar-refractivity contribution in [1.29, 1.82) is 0 Å². The van der Waals surface area contributed by atoms with Crippen LogP contribution in [0.15, 0.2) is 55.1 Å². The molecule has 114 valence electrons. The number of carbonyl (C=O) groups is 1. The molecule has 0 radical (unpaired) electrons. The predicted molar refractivity (Wildman–Crippen MR) is 96.1 cm³/mol. The molecule has 2 rings (SSSR count). The Morgan fingerprint density at radius 3 is 1.95 bits per heavy atom. The molecule has 1 N–H and O–H groups in total. The number of hydrogen-bond donors (Lipinski definition) is 1. The summed E-state index contributed by atoms with van der Waals surface area (Å²) in [6.45, 7) is 7.16. The first-order chi connectivity index (χ1) is 10.3. The lowest BCUT2D eigenvalue weighted by molar-refractivity contribution is -0.152. The molecule has 0 saturated carbocycles. The van der Waals surface area contributed by atoms with Crippen molar-refractivity contribution in [2.45, 2.75) is 19.4 Å². The van der Waals surface area contributed by atoms with Gasteiger partial charge in [0.15, 0.2) is 5.60 Å². The molecule has 2 aromatic rings. The van der Waals surface area contributed by atoms with E-state index in [9.17, 15) is 4.79 Å². The van der Waals surface area contributed by atoms with E-state index in [4.69, 9.17) is 9.84 Å². The van der Waals surface area contributed by atoms with Crippen LogP contribution in [0.1, 0.15) is 25.0 Å². The molecule has 0 aliphatic carbocycles. The molecule has 0 aliphatic rings. The quantitative estimate of drug-likeness (QED) is 0.736. The minimum atomic E-state index is -1.26. The van der Waals surface area contributed by atoms with Gasteiger partial charge >= 0.3 is 5.97 Å². The second-order valence-electron chi connectivity index (χ2n) is 5.43. The first-order valence-corrected chi connectivity index (χ1v) is 7.85. The second-order valence-corrected chi connectivity index (χ2v) is 6.67. The fourth-order valence-electron chi connectivity index (χ4n) is 1.88. The van der Waals surface area contributed by atoms with Crippen molar-refractivity contribution in [2.24, 2.45) is 0 Å². The van der Waals surface area contributed by atoms with E-state index >= 15 is 0 Å². The Hall–Kier alpha value is -1.82. The topological polar surface area (TPSA) is 46.5 Å². The summed E-state index contributed by atoms with van der Waals surface area (Å²) in [6.07, 6.45) is 0. The molecule has 3 nitrogen and oxygen atoms in total. The van der Waals surface area contributed by atoms with Gasteiger partial charge in [-0.1, -0.05) is 30.8 Å². The summed E-state index contributed by atoms with van der Waals surface area (Å²) in [7, 11) is 0. The number of ether oxygens (including phenoxy) is 1. The Balaban J connectivity index is 2.16. The molecule has 0 aliphatic heterocycles. The van der Waals surface area contributed by atoms with Crippen LogP contribution >= 0.6 is 22.6 Å². The van der Waals surface area contributed by atoms with Crippen LogP contribution in [0, 0.1) is 3.57 Å². The van der Waals surface area contributed by atoms with Gasteiger partial charge in [0.05, 0.1) is 0 Å². The van der Waals surface area contributed by atoms with Crippen LogP contribution in [-0.2, 0) is 4.79 Å². The largest absolute Gasteiger partial charge is 0.478 e. The first kappa shape index (κ1) is 16.5. The third kappa shape index (κ3) is 3.88. The van der Waals surface area contributed by atoms with Gasteiger partial charge in [0.1, 0.15) is 5.75 Å². The molecule has 0 atom stereocenters. The second kappa shape index (κ2) is 6.52. The van der Waals surface area contributed by atoms with E-state index in [1.54, 1.807) is 12.1 Å². The highest BCUT2D eigenvalue weighted by molar-refractivity contribution is 14.1. The summed E-state index contributed by atoms with van der Waals surface area (Å²) in [6, 6.07) is 15.4. The molecular formula is C18H17IO3. The van der Waals surface area contributed by atoms with Crippen LogP contribution in [0.3, 0.4) is 0 Å². The zero-order chi connectivity index (χ0) is 16.3. The Bertz CT molecular complexity index is 685. The molecule has 0 spiro atoms. The van der Waals surface area contributed by atoms with Crippen molar-refractivity contribution >= 4 is 34.1 Å². The lowest BCUT2D eigenvalue weighted by Crippen LogP contribution is -2.37. The summed E-state index contributed by atoms with van der Waals surface area (Å²) in [5.74, 6) is -0.480. The predicted octanol–water partition coefficient (Wildman–Crippen LogP) is 4.59. The lowest BCUT2D eigenvalue weighted by atomic mass is 10.00. The fourth-order valence-corrected chi connectivity index (χ4v) is 2.24. The van der Waals surface area contributed by atoms with Crippen LogP contribution in [-0.4, -0.2) is 16.7 Å². The zero-order valence-corrected chi connectivity index (χ0v) is 14.6. The van der Waals surface area contributed by atoms with Crippen molar-refractivity contribution in [3.63, 3.8) is 0 Å². The van der Waals surface area contributed by atoms with E-state index in [0.717, 1.165) is 16.7 Å². The zero-order valence-electron chi connectivity index (χ0n) is 12.5. The molecule has 0 bridgehead atoms. The maximum Gasteiger partial charge on any atom is 0.347 e. The van der Waals surface area contributed by atoms with Gasteiger partial charge in [0.2, 0.25) is 0 Å². The standard InChI is InChI=1S/C18H17IO3/c1-12(13-4-8-15(19)9-5-13)14-6-10-16(11-7-14)22-18(2,3)17(20)21/h4-11H,1H2,2-3H3,(H,20,21). The number of aliphatic carboxylic acids is 1. The molecule has 2 aromatic carbocycles.